The number of nitrogens with zero attached hydrogens (tertiary/aromatic N) is 2. The van der Waals surface area contributed by atoms with Crippen molar-refractivity contribution in [1.29, 1.82) is 0 Å². The number of carbonyl (C=O) groups is 1. The van der Waals surface area contributed by atoms with E-state index in [1.54, 1.807) is 12.3 Å². The zero-order valence-electron chi connectivity index (χ0n) is 17.9. The van der Waals surface area contributed by atoms with Crippen LogP contribution in [0.2, 0.25) is 0 Å². The zero-order chi connectivity index (χ0) is 21.4. The van der Waals surface area contributed by atoms with Crippen LogP contribution in [0, 0.1) is 0 Å². The van der Waals surface area contributed by atoms with E-state index >= 15 is 0 Å². The molecule has 0 unspecified atom stereocenters. The number of carbonyl (C=O) groups excluding carboxylic acids is 1. The molecule has 2 saturated carbocycles. The topological polar surface area (TPSA) is 105 Å². The molecule has 7 nitrogen and oxygen atoms in total. The summed E-state index contributed by atoms with van der Waals surface area (Å²) in [6.07, 6.45) is 17.4. The van der Waals surface area contributed by atoms with Crippen LogP contribution < -0.4 is 11.1 Å². The first-order valence-electron chi connectivity index (χ1n) is 11.5. The highest BCUT2D eigenvalue weighted by Crippen LogP contribution is 2.31. The molecule has 30 heavy (non-hydrogen) atoms. The van der Waals surface area contributed by atoms with E-state index in [4.69, 9.17) is 5.73 Å². The summed E-state index contributed by atoms with van der Waals surface area (Å²) in [5.41, 5.74) is 6.14. The molecule has 1 aromatic heterocycles. The molecular weight excluding hydrogens is 400 g/mol. The van der Waals surface area contributed by atoms with Gasteiger partial charge in [0.1, 0.15) is 4.90 Å². The molecule has 0 atom stereocenters. The number of rotatable bonds is 5. The standard InChI is InChI=1S/C22H36N4O3S/c23-22(27)26(19-13-9-5-2-6-10-14-19)30(28,29)21-17-24-16-15-20(21)25-18-11-7-3-1-4-8-12-18/h15-19H,1-14H2,(H2,23,27)(H,24,25). The van der Waals surface area contributed by atoms with Crippen LogP contribution in [0.3, 0.4) is 0 Å². The Bertz CT molecular complexity index is 783. The van der Waals surface area contributed by atoms with Gasteiger partial charge in [0.15, 0.2) is 0 Å². The minimum Gasteiger partial charge on any atom is -0.381 e. The molecule has 2 amide bonds. The molecule has 0 saturated heterocycles. The van der Waals surface area contributed by atoms with Crippen LogP contribution in [0.15, 0.2) is 23.4 Å². The number of anilines is 1. The molecule has 0 bridgehead atoms. The van der Waals surface area contributed by atoms with Gasteiger partial charge in [-0.2, -0.15) is 0 Å². The number of nitrogens with two attached hydrogens (primary N) is 1. The third kappa shape index (κ3) is 5.86. The predicted octanol–water partition coefficient (Wildman–Crippen LogP) is 4.79. The number of sulfonamides is 1. The van der Waals surface area contributed by atoms with Gasteiger partial charge < -0.3 is 11.1 Å². The molecule has 2 aliphatic carbocycles. The van der Waals surface area contributed by atoms with E-state index < -0.39 is 16.1 Å². The van der Waals surface area contributed by atoms with Gasteiger partial charge in [-0.15, -0.1) is 0 Å². The average Bonchev–Trinajstić information content (AvgIpc) is 2.65. The Morgan fingerprint density at radius 2 is 1.47 bits per heavy atom. The quantitative estimate of drug-likeness (QED) is 0.690. The van der Waals surface area contributed by atoms with Gasteiger partial charge >= 0.3 is 6.03 Å². The van der Waals surface area contributed by atoms with Crippen molar-refractivity contribution in [1.82, 2.24) is 9.29 Å². The Labute approximate surface area is 180 Å². The van der Waals surface area contributed by atoms with Crippen molar-refractivity contribution in [3.63, 3.8) is 0 Å². The predicted molar refractivity (Wildman–Crippen MR) is 119 cm³/mol. The van der Waals surface area contributed by atoms with Crippen LogP contribution >= 0.6 is 0 Å². The van der Waals surface area contributed by atoms with E-state index in [2.05, 4.69) is 10.3 Å². The number of aromatic nitrogens is 1. The molecule has 1 aromatic rings. The number of hydrogen-bond donors (Lipinski definition) is 2. The van der Waals surface area contributed by atoms with Gasteiger partial charge in [0.2, 0.25) is 0 Å². The highest BCUT2D eigenvalue weighted by atomic mass is 32.2. The fourth-order valence-corrected chi connectivity index (χ4v) is 6.45. The first-order chi connectivity index (χ1) is 14.5. The van der Waals surface area contributed by atoms with E-state index in [-0.39, 0.29) is 17.0 Å². The largest absolute Gasteiger partial charge is 0.381 e. The third-order valence-corrected chi connectivity index (χ3v) is 8.29. The molecule has 2 aliphatic rings. The van der Waals surface area contributed by atoms with E-state index in [9.17, 15) is 13.2 Å². The average molecular weight is 437 g/mol. The van der Waals surface area contributed by atoms with Gasteiger partial charge in [-0.05, 0) is 31.7 Å². The minimum absolute atomic E-state index is 0.0490. The molecular formula is C22H36N4O3S. The summed E-state index contributed by atoms with van der Waals surface area (Å²) in [5, 5.41) is 3.44. The van der Waals surface area contributed by atoms with Crippen molar-refractivity contribution in [3.8, 4) is 0 Å². The second-order valence-electron chi connectivity index (χ2n) is 8.70. The number of amides is 2. The monoisotopic (exact) mass is 436 g/mol. The molecule has 2 fully saturated rings. The highest BCUT2D eigenvalue weighted by molar-refractivity contribution is 7.89. The Morgan fingerprint density at radius 3 is 2.03 bits per heavy atom. The third-order valence-electron chi connectivity index (χ3n) is 6.41. The Morgan fingerprint density at radius 1 is 0.933 bits per heavy atom. The fraction of sp³-hybridized carbons (Fsp3) is 0.727. The first kappa shape index (κ1) is 22.8. The van der Waals surface area contributed by atoms with Gasteiger partial charge in [0.05, 0.1) is 11.7 Å². The van der Waals surface area contributed by atoms with Gasteiger partial charge in [-0.25, -0.2) is 17.5 Å². The van der Waals surface area contributed by atoms with Crippen molar-refractivity contribution in [3.05, 3.63) is 18.5 Å². The molecule has 0 aliphatic heterocycles. The molecule has 0 spiro atoms. The van der Waals surface area contributed by atoms with E-state index in [1.807, 2.05) is 0 Å². The minimum atomic E-state index is -4.09. The highest BCUT2D eigenvalue weighted by Gasteiger charge is 2.36. The van der Waals surface area contributed by atoms with Crippen LogP contribution in [-0.4, -0.2) is 35.8 Å². The number of nitrogens with one attached hydrogen (secondary N) is 1. The summed E-state index contributed by atoms with van der Waals surface area (Å²) in [5.74, 6) is 0. The lowest BCUT2D eigenvalue weighted by Crippen LogP contribution is -2.47. The van der Waals surface area contributed by atoms with Crippen molar-refractivity contribution >= 4 is 21.7 Å². The summed E-state index contributed by atoms with van der Waals surface area (Å²) in [6.45, 7) is 0. The molecule has 1 heterocycles. The maximum Gasteiger partial charge on any atom is 0.328 e. The van der Waals surface area contributed by atoms with E-state index in [1.165, 1.54) is 25.5 Å². The Hall–Kier alpha value is -1.83. The summed E-state index contributed by atoms with van der Waals surface area (Å²) in [4.78, 5) is 16.4. The maximum absolute atomic E-state index is 13.6. The van der Waals surface area contributed by atoms with Gasteiger partial charge in [0.25, 0.3) is 10.0 Å². The van der Waals surface area contributed by atoms with E-state index in [0.29, 0.717) is 18.5 Å². The SMILES string of the molecule is NC(=O)N(C1CCCCCCC1)S(=O)(=O)c1cnccc1NC1CCCCCCC1. The number of pyridine rings is 1. The fourth-order valence-electron chi connectivity index (χ4n) is 4.79. The Kier molecular flexibility index (Phi) is 8.36. The molecule has 8 heteroatoms. The summed E-state index contributed by atoms with van der Waals surface area (Å²) in [6, 6.07) is 0.636. The molecule has 168 valence electrons. The van der Waals surface area contributed by atoms with Crippen molar-refractivity contribution in [2.45, 2.75) is 107 Å². The second kappa shape index (κ2) is 11.0. The number of hydrogen-bond acceptors (Lipinski definition) is 5. The van der Waals surface area contributed by atoms with Crippen LogP contribution in [0.4, 0.5) is 10.5 Å². The van der Waals surface area contributed by atoms with Gasteiger partial charge in [-0.1, -0.05) is 64.2 Å². The van der Waals surface area contributed by atoms with Crippen LogP contribution in [0.5, 0.6) is 0 Å². The molecule has 3 rings (SSSR count). The zero-order valence-corrected chi connectivity index (χ0v) is 18.7. The van der Waals surface area contributed by atoms with Crippen LogP contribution in [0.1, 0.15) is 89.9 Å². The molecule has 0 radical (unpaired) electrons. The summed E-state index contributed by atoms with van der Waals surface area (Å²) < 4.78 is 28.1. The first-order valence-corrected chi connectivity index (χ1v) is 13.0. The van der Waals surface area contributed by atoms with E-state index in [0.717, 1.165) is 62.1 Å². The summed E-state index contributed by atoms with van der Waals surface area (Å²) in [7, 11) is -4.09. The van der Waals surface area contributed by atoms with Crippen LogP contribution in [0.25, 0.3) is 0 Å². The van der Waals surface area contributed by atoms with Crippen molar-refractivity contribution in [2.24, 2.45) is 5.73 Å². The molecule has 0 aromatic carbocycles. The summed E-state index contributed by atoms with van der Waals surface area (Å²) >= 11 is 0. The van der Waals surface area contributed by atoms with Crippen molar-refractivity contribution < 1.29 is 13.2 Å². The number of primary amides is 1. The molecule has 3 N–H and O–H groups in total. The maximum atomic E-state index is 13.6. The van der Waals surface area contributed by atoms with Gasteiger partial charge in [-0.3, -0.25) is 4.98 Å². The second-order valence-corrected chi connectivity index (χ2v) is 10.5. The van der Waals surface area contributed by atoms with Crippen LogP contribution in [-0.2, 0) is 10.0 Å². The smallest absolute Gasteiger partial charge is 0.328 e. The lowest BCUT2D eigenvalue weighted by molar-refractivity contribution is 0.212. The van der Waals surface area contributed by atoms with Crippen molar-refractivity contribution in [2.75, 3.05) is 5.32 Å². The Balaban J connectivity index is 1.87. The lowest BCUT2D eigenvalue weighted by atomic mass is 9.96. The van der Waals surface area contributed by atoms with Gasteiger partial charge in [0, 0.05) is 18.4 Å². The number of urea groups is 1. The normalized spacial score (nSPS) is 20.4. The lowest BCUT2D eigenvalue weighted by Gasteiger charge is -2.32.